The molecule has 0 saturated carbocycles. The Balaban J connectivity index is 1.44. The van der Waals surface area contributed by atoms with Gasteiger partial charge in [-0.3, -0.25) is 9.89 Å². The second-order valence-electron chi connectivity index (χ2n) is 7.59. The molecular weight excluding hydrogens is 348 g/mol. The first-order valence-electron chi connectivity index (χ1n) is 10.1. The summed E-state index contributed by atoms with van der Waals surface area (Å²) >= 11 is 0. The average Bonchev–Trinajstić information content (AvgIpc) is 2.71. The van der Waals surface area contributed by atoms with Crippen LogP contribution in [0.1, 0.15) is 35.1 Å². The van der Waals surface area contributed by atoms with Crippen LogP contribution in [0.25, 0.3) is 0 Å². The van der Waals surface area contributed by atoms with Crippen molar-refractivity contribution >= 4 is 5.96 Å². The minimum atomic E-state index is -0.112. The predicted molar refractivity (Wildman–Crippen MR) is 115 cm³/mol. The van der Waals surface area contributed by atoms with Gasteiger partial charge in [0.25, 0.3) is 0 Å². The first-order chi connectivity index (χ1) is 13.6. The summed E-state index contributed by atoms with van der Waals surface area (Å²) in [6, 6.07) is 17.2. The Labute approximate surface area is 168 Å². The summed E-state index contributed by atoms with van der Waals surface area (Å²) in [5, 5.41) is 16.4. The summed E-state index contributed by atoms with van der Waals surface area (Å²) in [5.74, 6) is 0.803. The molecule has 5 heteroatoms. The molecule has 150 valence electrons. The Morgan fingerprint density at radius 1 is 1.00 bits per heavy atom. The summed E-state index contributed by atoms with van der Waals surface area (Å²) in [5.41, 5.74) is 5.07. The molecule has 1 aliphatic heterocycles. The van der Waals surface area contributed by atoms with Crippen molar-refractivity contribution in [3.8, 4) is 0 Å². The molecule has 1 aliphatic rings. The van der Waals surface area contributed by atoms with Gasteiger partial charge in [-0.15, -0.1) is 0 Å². The molecule has 3 N–H and O–H groups in total. The highest BCUT2D eigenvalue weighted by molar-refractivity contribution is 5.79. The van der Waals surface area contributed by atoms with E-state index in [0.29, 0.717) is 0 Å². The Bertz CT molecular complexity index is 764. The van der Waals surface area contributed by atoms with E-state index in [0.717, 1.165) is 51.5 Å². The van der Waals surface area contributed by atoms with E-state index in [4.69, 9.17) is 0 Å². The summed E-state index contributed by atoms with van der Waals surface area (Å²) in [6.45, 7) is 6.52. The largest absolute Gasteiger partial charge is 0.393 e. The number of aliphatic imine (C=N–C) groups is 1. The maximum atomic E-state index is 9.62. The lowest BCUT2D eigenvalue weighted by Crippen LogP contribution is -2.36. The van der Waals surface area contributed by atoms with Crippen molar-refractivity contribution in [3.05, 3.63) is 70.8 Å². The van der Waals surface area contributed by atoms with Crippen molar-refractivity contribution in [2.75, 3.05) is 20.1 Å². The average molecular weight is 381 g/mol. The van der Waals surface area contributed by atoms with Gasteiger partial charge >= 0.3 is 0 Å². The molecule has 2 aromatic carbocycles. The number of nitrogens with one attached hydrogen (secondary N) is 2. The van der Waals surface area contributed by atoms with Gasteiger partial charge < -0.3 is 15.7 Å². The van der Waals surface area contributed by atoms with Crippen LogP contribution in [0.2, 0.25) is 0 Å². The quantitative estimate of drug-likeness (QED) is 0.533. The topological polar surface area (TPSA) is 59.9 Å². The summed E-state index contributed by atoms with van der Waals surface area (Å²) < 4.78 is 0. The predicted octanol–water partition coefficient (Wildman–Crippen LogP) is 2.82. The minimum absolute atomic E-state index is 0.112. The van der Waals surface area contributed by atoms with Crippen LogP contribution in [0, 0.1) is 6.92 Å². The summed E-state index contributed by atoms with van der Waals surface area (Å²) in [7, 11) is 1.80. The number of rotatable bonds is 6. The molecule has 0 amide bonds. The first-order valence-corrected chi connectivity index (χ1v) is 10.1. The van der Waals surface area contributed by atoms with Crippen LogP contribution in [-0.4, -0.2) is 42.2 Å². The van der Waals surface area contributed by atoms with Crippen LogP contribution in [0.3, 0.4) is 0 Å². The van der Waals surface area contributed by atoms with Gasteiger partial charge in [-0.1, -0.05) is 54.1 Å². The van der Waals surface area contributed by atoms with E-state index in [2.05, 4.69) is 76.0 Å². The highest BCUT2D eigenvalue weighted by Crippen LogP contribution is 2.14. The first kappa shape index (κ1) is 20.4. The zero-order valence-electron chi connectivity index (χ0n) is 17.0. The van der Waals surface area contributed by atoms with E-state index >= 15 is 0 Å². The number of guanidine groups is 1. The Morgan fingerprint density at radius 3 is 2.29 bits per heavy atom. The van der Waals surface area contributed by atoms with Crippen LogP contribution in [0.15, 0.2) is 53.5 Å². The van der Waals surface area contributed by atoms with Crippen molar-refractivity contribution in [2.45, 2.75) is 45.5 Å². The Kier molecular flexibility index (Phi) is 7.46. The zero-order chi connectivity index (χ0) is 19.8. The summed E-state index contributed by atoms with van der Waals surface area (Å²) in [4.78, 5) is 6.72. The van der Waals surface area contributed by atoms with Crippen LogP contribution >= 0.6 is 0 Å². The molecular formula is C23H32N4O. The van der Waals surface area contributed by atoms with Crippen molar-refractivity contribution < 1.29 is 5.11 Å². The van der Waals surface area contributed by atoms with E-state index in [-0.39, 0.29) is 6.10 Å². The third-order valence-electron chi connectivity index (χ3n) is 5.21. The third kappa shape index (κ3) is 6.36. The highest BCUT2D eigenvalue weighted by Gasteiger charge is 2.16. The van der Waals surface area contributed by atoms with Crippen molar-refractivity contribution in [1.82, 2.24) is 15.5 Å². The normalized spacial score (nSPS) is 16.2. The smallest absolute Gasteiger partial charge is 0.191 e. The van der Waals surface area contributed by atoms with Gasteiger partial charge in [0, 0.05) is 39.8 Å². The minimum Gasteiger partial charge on any atom is -0.393 e. The number of hydrogen-bond acceptors (Lipinski definition) is 3. The van der Waals surface area contributed by atoms with Crippen LogP contribution in [0.5, 0.6) is 0 Å². The number of likely N-dealkylation sites (tertiary alicyclic amines) is 1. The fraction of sp³-hybridized carbons (Fsp3) is 0.435. The van der Waals surface area contributed by atoms with Gasteiger partial charge in [0.15, 0.2) is 5.96 Å². The van der Waals surface area contributed by atoms with E-state index in [9.17, 15) is 5.11 Å². The number of aliphatic hydroxyl groups excluding tert-OH is 1. The lowest BCUT2D eigenvalue weighted by atomic mass is 10.1. The fourth-order valence-electron chi connectivity index (χ4n) is 3.51. The van der Waals surface area contributed by atoms with Crippen LogP contribution in [0.4, 0.5) is 0 Å². The fourth-order valence-corrected chi connectivity index (χ4v) is 3.51. The maximum Gasteiger partial charge on any atom is 0.191 e. The van der Waals surface area contributed by atoms with Gasteiger partial charge in [-0.05, 0) is 36.5 Å². The number of aliphatic hydroxyl groups is 1. The number of nitrogens with zero attached hydrogens (tertiary/aromatic N) is 2. The Hall–Kier alpha value is -2.37. The van der Waals surface area contributed by atoms with E-state index in [1.54, 1.807) is 7.05 Å². The van der Waals surface area contributed by atoms with Crippen molar-refractivity contribution in [1.29, 1.82) is 0 Å². The molecule has 0 atom stereocenters. The third-order valence-corrected chi connectivity index (χ3v) is 5.21. The molecule has 28 heavy (non-hydrogen) atoms. The van der Waals surface area contributed by atoms with Crippen LogP contribution in [-0.2, 0) is 19.6 Å². The molecule has 1 heterocycles. The molecule has 5 nitrogen and oxygen atoms in total. The maximum absolute atomic E-state index is 9.62. The standard InChI is InChI=1S/C23H32N4O/c1-18-4-3-5-21(14-18)16-26-23(24-2)25-15-19-6-8-20(9-7-19)17-27-12-10-22(28)11-13-27/h3-9,14,22,28H,10-13,15-17H2,1-2H3,(H2,24,25,26). The molecule has 0 unspecified atom stereocenters. The second-order valence-corrected chi connectivity index (χ2v) is 7.59. The molecule has 0 spiro atoms. The molecule has 0 aromatic heterocycles. The SMILES string of the molecule is CN=C(NCc1ccc(CN2CCC(O)CC2)cc1)NCc1cccc(C)c1. The number of hydrogen-bond donors (Lipinski definition) is 3. The summed E-state index contributed by atoms with van der Waals surface area (Å²) in [6.07, 6.45) is 1.66. The van der Waals surface area contributed by atoms with Gasteiger partial charge in [0.05, 0.1) is 6.10 Å². The lowest BCUT2D eigenvalue weighted by Gasteiger charge is -2.29. The van der Waals surface area contributed by atoms with Gasteiger partial charge in [0.1, 0.15) is 0 Å². The lowest BCUT2D eigenvalue weighted by molar-refractivity contribution is 0.0792. The van der Waals surface area contributed by atoms with E-state index in [1.807, 2.05) is 0 Å². The van der Waals surface area contributed by atoms with Gasteiger partial charge in [0.2, 0.25) is 0 Å². The Morgan fingerprint density at radius 2 is 1.64 bits per heavy atom. The second kappa shape index (κ2) is 10.2. The number of benzene rings is 2. The van der Waals surface area contributed by atoms with Gasteiger partial charge in [-0.2, -0.15) is 0 Å². The molecule has 0 bridgehead atoms. The van der Waals surface area contributed by atoms with Crippen molar-refractivity contribution in [2.24, 2.45) is 4.99 Å². The number of piperidine rings is 1. The monoisotopic (exact) mass is 380 g/mol. The molecule has 0 radical (unpaired) electrons. The highest BCUT2D eigenvalue weighted by atomic mass is 16.3. The molecule has 1 saturated heterocycles. The van der Waals surface area contributed by atoms with E-state index < -0.39 is 0 Å². The van der Waals surface area contributed by atoms with Gasteiger partial charge in [-0.25, -0.2) is 0 Å². The van der Waals surface area contributed by atoms with Crippen LogP contribution < -0.4 is 10.6 Å². The molecule has 2 aromatic rings. The van der Waals surface area contributed by atoms with E-state index in [1.165, 1.54) is 22.3 Å². The van der Waals surface area contributed by atoms with Crippen molar-refractivity contribution in [3.63, 3.8) is 0 Å². The number of aryl methyl sites for hydroxylation is 1. The molecule has 0 aliphatic carbocycles. The zero-order valence-corrected chi connectivity index (χ0v) is 17.0. The molecule has 1 fully saturated rings. The molecule has 3 rings (SSSR count).